The van der Waals surface area contributed by atoms with E-state index in [1.54, 1.807) is 0 Å². The van der Waals surface area contributed by atoms with E-state index in [1.165, 1.54) is 18.1 Å². The summed E-state index contributed by atoms with van der Waals surface area (Å²) >= 11 is 1.37. The standard InChI is InChI=1S/C13H19N7O5S/c14-5(13(23)24)1-2-26-3-6-8(21)9(22)12(25-6)20-18-7-10(15)16-4-17-11(7)19-20/h4-6,8-9,12,21-22H,1-3,14H2,(H,23,24)(H2,15,16,17,19)/t5-,6+,8+,9+,12+/m0/s1. The third-order valence-corrected chi connectivity index (χ3v) is 5.06. The van der Waals surface area contributed by atoms with Crippen LogP contribution in [0.15, 0.2) is 6.33 Å². The summed E-state index contributed by atoms with van der Waals surface area (Å²) in [6.07, 6.45) is -2.50. The van der Waals surface area contributed by atoms with Crippen LogP contribution in [-0.2, 0) is 9.53 Å². The number of nitrogens with two attached hydrogens (primary N) is 2. The van der Waals surface area contributed by atoms with Crippen LogP contribution < -0.4 is 11.5 Å². The number of thioether (sulfide) groups is 1. The van der Waals surface area contributed by atoms with E-state index in [4.69, 9.17) is 21.3 Å². The van der Waals surface area contributed by atoms with Gasteiger partial charge in [-0.1, -0.05) is 0 Å². The van der Waals surface area contributed by atoms with Crippen molar-refractivity contribution in [2.75, 3.05) is 17.2 Å². The summed E-state index contributed by atoms with van der Waals surface area (Å²) in [6, 6.07) is -0.928. The number of aliphatic hydroxyl groups excluding tert-OH is 2. The second-order valence-corrected chi connectivity index (χ2v) is 6.96. The summed E-state index contributed by atoms with van der Waals surface area (Å²) in [6.45, 7) is 0. The molecule has 1 fully saturated rings. The summed E-state index contributed by atoms with van der Waals surface area (Å²) in [7, 11) is 0. The third kappa shape index (κ3) is 3.71. The van der Waals surface area contributed by atoms with Gasteiger partial charge in [-0.2, -0.15) is 11.8 Å². The molecule has 7 N–H and O–H groups in total. The average Bonchev–Trinajstić information content (AvgIpc) is 3.15. The topological polar surface area (TPSA) is 196 Å². The van der Waals surface area contributed by atoms with Crippen LogP contribution in [0.4, 0.5) is 5.82 Å². The van der Waals surface area contributed by atoms with Crippen molar-refractivity contribution in [1.82, 2.24) is 25.0 Å². The first-order valence-electron chi connectivity index (χ1n) is 7.79. The Morgan fingerprint density at radius 1 is 1.35 bits per heavy atom. The molecule has 0 spiro atoms. The number of aliphatic carboxylic acids is 1. The second-order valence-electron chi connectivity index (χ2n) is 5.81. The van der Waals surface area contributed by atoms with Crippen LogP contribution in [0.3, 0.4) is 0 Å². The van der Waals surface area contributed by atoms with Gasteiger partial charge in [0, 0.05) is 5.75 Å². The van der Waals surface area contributed by atoms with Gasteiger partial charge < -0.3 is 31.5 Å². The van der Waals surface area contributed by atoms with E-state index in [0.29, 0.717) is 17.9 Å². The molecular weight excluding hydrogens is 366 g/mol. The minimum Gasteiger partial charge on any atom is -0.480 e. The lowest BCUT2D eigenvalue weighted by molar-refractivity contribution is -0.138. The van der Waals surface area contributed by atoms with Crippen LogP contribution in [0.2, 0.25) is 0 Å². The predicted molar refractivity (Wildman–Crippen MR) is 91.0 cm³/mol. The van der Waals surface area contributed by atoms with Crippen molar-refractivity contribution in [1.29, 1.82) is 0 Å². The van der Waals surface area contributed by atoms with Gasteiger partial charge >= 0.3 is 5.97 Å². The van der Waals surface area contributed by atoms with Crippen molar-refractivity contribution >= 4 is 34.7 Å². The number of rotatable bonds is 7. The Hall–Kier alpha value is -2.06. The molecule has 0 saturated carbocycles. The number of carbonyl (C=O) groups is 1. The fourth-order valence-corrected chi connectivity index (χ4v) is 3.57. The molecule has 1 aliphatic heterocycles. The Kier molecular flexibility index (Phi) is 5.52. The Bertz CT molecular complexity index is 789. The lowest BCUT2D eigenvalue weighted by atomic mass is 10.1. The van der Waals surface area contributed by atoms with Crippen LogP contribution >= 0.6 is 11.8 Å². The van der Waals surface area contributed by atoms with Crippen LogP contribution in [-0.4, -0.2) is 82.1 Å². The fourth-order valence-electron chi connectivity index (χ4n) is 2.48. The molecule has 0 amide bonds. The van der Waals surface area contributed by atoms with Crippen molar-refractivity contribution in [3.05, 3.63) is 6.33 Å². The first kappa shape index (κ1) is 18.7. The van der Waals surface area contributed by atoms with E-state index in [-0.39, 0.29) is 17.0 Å². The second kappa shape index (κ2) is 7.67. The number of carboxylic acids is 1. The van der Waals surface area contributed by atoms with Gasteiger partial charge in [-0.25, -0.2) is 9.97 Å². The van der Waals surface area contributed by atoms with Crippen LogP contribution in [0.5, 0.6) is 0 Å². The fraction of sp³-hybridized carbons (Fsp3) is 0.615. The van der Waals surface area contributed by atoms with Crippen molar-refractivity contribution < 1.29 is 24.9 Å². The average molecular weight is 385 g/mol. The minimum absolute atomic E-state index is 0.149. The SMILES string of the molecule is Nc1ncnc2nn([C@@H]3O[C@H](CSCC[C@H](N)C(=O)O)[C@@H](O)[C@H]3O)nc12. The summed E-state index contributed by atoms with van der Waals surface area (Å²) in [4.78, 5) is 19.5. The number of hydrogen-bond acceptors (Lipinski definition) is 11. The zero-order valence-corrected chi connectivity index (χ0v) is 14.4. The van der Waals surface area contributed by atoms with Gasteiger partial charge in [-0.3, -0.25) is 4.79 Å². The highest BCUT2D eigenvalue weighted by Crippen LogP contribution is 2.31. The molecule has 0 aliphatic carbocycles. The van der Waals surface area contributed by atoms with E-state index < -0.39 is 36.6 Å². The number of ether oxygens (including phenoxy) is 1. The monoisotopic (exact) mass is 385 g/mol. The molecule has 2 aromatic heterocycles. The van der Waals surface area contributed by atoms with Gasteiger partial charge in [0.2, 0.25) is 5.65 Å². The first-order valence-corrected chi connectivity index (χ1v) is 8.94. The zero-order valence-electron chi connectivity index (χ0n) is 13.5. The molecule has 1 saturated heterocycles. The molecule has 0 unspecified atom stereocenters. The quantitative estimate of drug-likeness (QED) is 0.328. The van der Waals surface area contributed by atoms with E-state index >= 15 is 0 Å². The van der Waals surface area contributed by atoms with E-state index in [9.17, 15) is 15.0 Å². The molecule has 0 radical (unpaired) electrons. The summed E-state index contributed by atoms with van der Waals surface area (Å²) in [5.41, 5.74) is 11.7. The van der Waals surface area contributed by atoms with E-state index in [2.05, 4.69) is 20.2 Å². The highest BCUT2D eigenvalue weighted by Gasteiger charge is 2.44. The number of anilines is 1. The summed E-state index contributed by atoms with van der Waals surface area (Å²) < 4.78 is 5.68. The molecule has 2 aromatic rings. The van der Waals surface area contributed by atoms with Gasteiger partial charge in [0.05, 0.1) is 6.10 Å². The number of hydrogen-bond donors (Lipinski definition) is 5. The normalized spacial score (nSPS) is 27.0. The molecule has 142 valence electrons. The van der Waals surface area contributed by atoms with Gasteiger partial charge in [-0.05, 0) is 12.2 Å². The Labute approximate surface area is 151 Å². The molecule has 12 nitrogen and oxygen atoms in total. The minimum atomic E-state index is -1.24. The van der Waals surface area contributed by atoms with Crippen molar-refractivity contribution in [2.45, 2.75) is 37.0 Å². The molecule has 3 rings (SSSR count). The lowest BCUT2D eigenvalue weighted by Crippen LogP contribution is -2.33. The number of aliphatic hydroxyl groups is 2. The van der Waals surface area contributed by atoms with Gasteiger partial charge in [0.15, 0.2) is 17.6 Å². The van der Waals surface area contributed by atoms with Gasteiger partial charge in [0.1, 0.15) is 24.6 Å². The van der Waals surface area contributed by atoms with Gasteiger partial charge in [-0.15, -0.1) is 15.0 Å². The van der Waals surface area contributed by atoms with E-state index in [1.807, 2.05) is 0 Å². The summed E-state index contributed by atoms with van der Waals surface area (Å²) in [5, 5.41) is 37.4. The van der Waals surface area contributed by atoms with Crippen LogP contribution in [0.1, 0.15) is 12.6 Å². The highest BCUT2D eigenvalue weighted by molar-refractivity contribution is 7.99. The molecule has 5 atom stereocenters. The maximum Gasteiger partial charge on any atom is 0.320 e. The predicted octanol–water partition coefficient (Wildman–Crippen LogP) is -2.04. The number of nitrogen functional groups attached to an aromatic ring is 1. The van der Waals surface area contributed by atoms with Gasteiger partial charge in [0.25, 0.3) is 0 Å². The number of fused-ring (bicyclic) bond motifs is 1. The molecule has 13 heteroatoms. The summed E-state index contributed by atoms with van der Waals surface area (Å²) in [5.74, 6) is -0.0747. The van der Waals surface area contributed by atoms with Crippen molar-refractivity contribution in [3.8, 4) is 0 Å². The largest absolute Gasteiger partial charge is 0.480 e. The Morgan fingerprint density at radius 3 is 2.81 bits per heavy atom. The van der Waals surface area contributed by atoms with Crippen LogP contribution in [0.25, 0.3) is 11.2 Å². The number of carboxylic acid groups (broad SMARTS) is 1. The number of aromatic nitrogens is 5. The Morgan fingerprint density at radius 2 is 2.12 bits per heavy atom. The molecule has 0 bridgehead atoms. The van der Waals surface area contributed by atoms with Crippen LogP contribution in [0, 0.1) is 0 Å². The smallest absolute Gasteiger partial charge is 0.320 e. The molecule has 0 aromatic carbocycles. The molecule has 1 aliphatic rings. The van der Waals surface area contributed by atoms with Crippen molar-refractivity contribution in [2.24, 2.45) is 5.73 Å². The molecule has 3 heterocycles. The lowest BCUT2D eigenvalue weighted by Gasteiger charge is -2.14. The zero-order chi connectivity index (χ0) is 18.8. The first-order chi connectivity index (χ1) is 12.4. The molecule has 26 heavy (non-hydrogen) atoms. The Balaban J connectivity index is 1.61. The molecular formula is C13H19N7O5S. The maximum absolute atomic E-state index is 10.7. The number of nitrogens with zero attached hydrogens (tertiary/aromatic N) is 5. The van der Waals surface area contributed by atoms with Crippen molar-refractivity contribution in [3.63, 3.8) is 0 Å². The highest BCUT2D eigenvalue weighted by atomic mass is 32.2. The maximum atomic E-state index is 10.7. The van der Waals surface area contributed by atoms with E-state index in [0.717, 1.165) is 4.80 Å². The third-order valence-electron chi connectivity index (χ3n) is 3.97.